The number of hydrogen-bond donors (Lipinski definition) is 1. The number of hydrogen-bond acceptors (Lipinski definition) is 2. The molecule has 0 unspecified atom stereocenters. The van der Waals surface area contributed by atoms with E-state index >= 15 is 0 Å². The van der Waals surface area contributed by atoms with Crippen LogP contribution in [-0.2, 0) is 7.05 Å². The number of aromatic nitrogens is 3. The van der Waals surface area contributed by atoms with Crippen molar-refractivity contribution >= 4 is 6.29 Å². The number of carbonyl (C=O) groups excluding carboxylic acids is 1. The summed E-state index contributed by atoms with van der Waals surface area (Å²) in [6.07, 6.45) is 2.64. The lowest BCUT2D eigenvalue weighted by molar-refractivity contribution is 0.111. The Morgan fingerprint density at radius 1 is 1.57 bits per heavy atom. The number of aldehydes is 1. The molecule has 4 heteroatoms. The number of nitrogens with zero attached hydrogens (tertiary/aromatic N) is 2. The topological polar surface area (TPSA) is 50.7 Å². The Hall–Kier alpha value is -1.84. The zero-order chi connectivity index (χ0) is 10.1. The molecule has 2 aromatic heterocycles. The van der Waals surface area contributed by atoms with Crippen molar-refractivity contribution in [3.05, 3.63) is 29.8 Å². The first-order valence-corrected chi connectivity index (χ1v) is 4.36. The molecule has 4 nitrogen and oxygen atoms in total. The Morgan fingerprint density at radius 3 is 2.93 bits per heavy atom. The second-order valence-electron chi connectivity index (χ2n) is 3.15. The van der Waals surface area contributed by atoms with Crippen molar-refractivity contribution in [2.24, 2.45) is 7.05 Å². The molecule has 0 bridgehead atoms. The van der Waals surface area contributed by atoms with Gasteiger partial charge in [0.25, 0.3) is 0 Å². The largest absolute Gasteiger partial charge is 0.360 e. The highest BCUT2D eigenvalue weighted by Crippen LogP contribution is 2.19. The van der Waals surface area contributed by atoms with Crippen molar-refractivity contribution in [1.29, 1.82) is 0 Å². The van der Waals surface area contributed by atoms with Gasteiger partial charge in [0.05, 0.1) is 5.69 Å². The number of nitrogens with one attached hydrogen (secondary N) is 1. The molecule has 1 N–H and O–H groups in total. The van der Waals surface area contributed by atoms with E-state index in [0.29, 0.717) is 11.4 Å². The first kappa shape index (κ1) is 8.74. The summed E-state index contributed by atoms with van der Waals surface area (Å²) in [4.78, 5) is 18.2. The van der Waals surface area contributed by atoms with E-state index in [9.17, 15) is 4.79 Å². The molecule has 0 spiro atoms. The third kappa shape index (κ3) is 1.16. The molecule has 2 heterocycles. The van der Waals surface area contributed by atoms with Gasteiger partial charge >= 0.3 is 0 Å². The number of carbonyl (C=O) groups is 1. The average molecular weight is 189 g/mol. The summed E-state index contributed by atoms with van der Waals surface area (Å²) >= 11 is 0. The summed E-state index contributed by atoms with van der Waals surface area (Å²) in [6, 6.07) is 3.78. The Bertz CT molecular complexity index is 454. The Kier molecular flexibility index (Phi) is 1.96. The van der Waals surface area contributed by atoms with Crippen molar-refractivity contribution < 1.29 is 4.79 Å². The minimum Gasteiger partial charge on any atom is -0.360 e. The van der Waals surface area contributed by atoms with E-state index in [2.05, 4.69) is 9.97 Å². The van der Waals surface area contributed by atoms with Gasteiger partial charge in [0.2, 0.25) is 0 Å². The lowest BCUT2D eigenvalue weighted by Crippen LogP contribution is -1.97. The molecule has 0 aliphatic heterocycles. The molecule has 0 fully saturated rings. The van der Waals surface area contributed by atoms with Gasteiger partial charge in [0.15, 0.2) is 6.29 Å². The summed E-state index contributed by atoms with van der Waals surface area (Å²) in [5.41, 5.74) is 2.19. The van der Waals surface area contributed by atoms with Gasteiger partial charge in [-0.2, -0.15) is 0 Å². The number of rotatable bonds is 2. The molecular weight excluding hydrogens is 178 g/mol. The van der Waals surface area contributed by atoms with Crippen LogP contribution in [0.2, 0.25) is 0 Å². The van der Waals surface area contributed by atoms with Gasteiger partial charge in [-0.15, -0.1) is 0 Å². The average Bonchev–Trinajstić information content (AvgIpc) is 2.76. The first-order chi connectivity index (χ1) is 6.74. The molecule has 0 atom stereocenters. The van der Waals surface area contributed by atoms with Gasteiger partial charge in [-0.3, -0.25) is 4.79 Å². The van der Waals surface area contributed by atoms with E-state index in [1.54, 1.807) is 4.57 Å². The van der Waals surface area contributed by atoms with E-state index in [-0.39, 0.29) is 0 Å². The molecular formula is C10H11N3O. The van der Waals surface area contributed by atoms with Crippen LogP contribution < -0.4 is 0 Å². The highest BCUT2D eigenvalue weighted by atomic mass is 16.1. The van der Waals surface area contributed by atoms with Gasteiger partial charge in [-0.25, -0.2) is 4.98 Å². The highest BCUT2D eigenvalue weighted by Gasteiger charge is 2.13. The maximum atomic E-state index is 10.9. The zero-order valence-electron chi connectivity index (χ0n) is 8.11. The summed E-state index contributed by atoms with van der Waals surface area (Å²) in [5, 5.41) is 0. The summed E-state index contributed by atoms with van der Waals surface area (Å²) in [6.45, 7) is 1.87. The van der Waals surface area contributed by atoms with Crippen molar-refractivity contribution in [3.8, 4) is 11.4 Å². The minimum atomic E-state index is 0.602. The molecule has 0 saturated carbocycles. The van der Waals surface area contributed by atoms with Crippen molar-refractivity contribution in [1.82, 2.24) is 14.5 Å². The molecule has 14 heavy (non-hydrogen) atoms. The summed E-state index contributed by atoms with van der Waals surface area (Å²) < 4.78 is 1.78. The number of imidazole rings is 1. The third-order valence-corrected chi connectivity index (χ3v) is 2.33. The molecule has 0 aliphatic rings. The summed E-state index contributed by atoms with van der Waals surface area (Å²) in [5.74, 6) is 0.830. The first-order valence-electron chi connectivity index (χ1n) is 4.36. The Balaban J connectivity index is 2.64. The van der Waals surface area contributed by atoms with Crippen molar-refractivity contribution in [2.75, 3.05) is 0 Å². The molecule has 0 amide bonds. The van der Waals surface area contributed by atoms with Crippen LogP contribution >= 0.6 is 0 Å². The Morgan fingerprint density at radius 2 is 2.36 bits per heavy atom. The van der Waals surface area contributed by atoms with Crippen LogP contribution in [0.15, 0.2) is 18.3 Å². The molecule has 2 aromatic rings. The van der Waals surface area contributed by atoms with Crippen LogP contribution in [0.25, 0.3) is 11.4 Å². The molecule has 0 aliphatic carbocycles. The fraction of sp³-hybridized carbons (Fsp3) is 0.200. The van der Waals surface area contributed by atoms with E-state index in [4.69, 9.17) is 0 Å². The maximum Gasteiger partial charge on any atom is 0.168 e. The van der Waals surface area contributed by atoms with E-state index in [0.717, 1.165) is 17.8 Å². The van der Waals surface area contributed by atoms with E-state index in [1.807, 2.05) is 32.3 Å². The van der Waals surface area contributed by atoms with Gasteiger partial charge in [0, 0.05) is 13.2 Å². The monoisotopic (exact) mass is 189 g/mol. The predicted octanol–water partition coefficient (Wildman–Crippen LogP) is 1.54. The van der Waals surface area contributed by atoms with Crippen molar-refractivity contribution in [3.63, 3.8) is 0 Å². The van der Waals surface area contributed by atoms with Crippen LogP contribution in [0, 0.1) is 6.92 Å². The van der Waals surface area contributed by atoms with Gasteiger partial charge < -0.3 is 9.55 Å². The second-order valence-corrected chi connectivity index (χ2v) is 3.15. The summed E-state index contributed by atoms with van der Waals surface area (Å²) in [7, 11) is 1.83. The number of aromatic amines is 1. The molecule has 72 valence electrons. The smallest absolute Gasteiger partial charge is 0.168 e. The predicted molar refractivity (Wildman–Crippen MR) is 53.1 cm³/mol. The normalized spacial score (nSPS) is 10.4. The number of aryl methyl sites for hydroxylation is 1. The quantitative estimate of drug-likeness (QED) is 0.728. The molecule has 2 rings (SSSR count). The zero-order valence-corrected chi connectivity index (χ0v) is 8.11. The third-order valence-electron chi connectivity index (χ3n) is 2.33. The lowest BCUT2D eigenvalue weighted by Gasteiger charge is -1.96. The molecule has 0 saturated heterocycles. The Labute approximate surface area is 81.6 Å². The van der Waals surface area contributed by atoms with Gasteiger partial charge in [0.1, 0.15) is 17.2 Å². The van der Waals surface area contributed by atoms with Crippen LogP contribution in [-0.4, -0.2) is 20.8 Å². The maximum absolute atomic E-state index is 10.9. The van der Waals surface area contributed by atoms with Crippen molar-refractivity contribution in [2.45, 2.75) is 6.92 Å². The van der Waals surface area contributed by atoms with Gasteiger partial charge in [-0.1, -0.05) is 0 Å². The van der Waals surface area contributed by atoms with Crippen LogP contribution in [0.3, 0.4) is 0 Å². The molecule has 0 aromatic carbocycles. The van der Waals surface area contributed by atoms with E-state index < -0.39 is 0 Å². The highest BCUT2D eigenvalue weighted by molar-refractivity contribution is 5.83. The SMILES string of the molecule is Cc1nc(-c2ccc[nH]2)c(C=O)n1C. The fourth-order valence-electron chi connectivity index (χ4n) is 1.44. The minimum absolute atomic E-state index is 0.602. The lowest BCUT2D eigenvalue weighted by atomic mass is 10.2. The second kappa shape index (κ2) is 3.14. The molecule has 0 radical (unpaired) electrons. The van der Waals surface area contributed by atoms with Gasteiger partial charge in [-0.05, 0) is 19.1 Å². The van der Waals surface area contributed by atoms with E-state index in [1.165, 1.54) is 0 Å². The van der Waals surface area contributed by atoms with Crippen LogP contribution in [0.5, 0.6) is 0 Å². The number of H-pyrrole nitrogens is 1. The standard InChI is InChI=1S/C10H11N3O/c1-7-12-10(8-4-3-5-11-8)9(6-14)13(7)2/h3-6,11H,1-2H3. The fourth-order valence-corrected chi connectivity index (χ4v) is 1.44. The van der Waals surface area contributed by atoms with Crippen LogP contribution in [0.1, 0.15) is 16.3 Å². The van der Waals surface area contributed by atoms with Crippen LogP contribution in [0.4, 0.5) is 0 Å².